The van der Waals surface area contributed by atoms with Crippen LogP contribution in [0, 0.1) is 51.2 Å². The lowest BCUT2D eigenvalue weighted by Gasteiger charge is -2.72. The highest BCUT2D eigenvalue weighted by atomic mass is 16.4. The number of urea groups is 1. The Hall–Kier alpha value is -2.56. The molecule has 1 aromatic rings. The highest BCUT2D eigenvalue weighted by Gasteiger charge is 2.70. The molecule has 0 radical (unpaired) electrons. The molecule has 0 spiro atoms. The molecule has 2 N–H and O–H groups in total. The zero-order valence-corrected chi connectivity index (χ0v) is 28.6. The van der Waals surface area contributed by atoms with E-state index < -0.39 is 5.97 Å². The van der Waals surface area contributed by atoms with E-state index in [1.54, 1.807) is 17.0 Å². The van der Waals surface area contributed by atoms with Gasteiger partial charge < -0.3 is 15.3 Å². The number of carboxylic acid groups (broad SMARTS) is 1. The van der Waals surface area contributed by atoms with Gasteiger partial charge in [-0.2, -0.15) is 0 Å². The van der Waals surface area contributed by atoms with Gasteiger partial charge in [0.1, 0.15) is 0 Å². The first kappa shape index (κ1) is 31.4. The van der Waals surface area contributed by atoms with Gasteiger partial charge in [0, 0.05) is 19.6 Å². The SMILES string of the molecule is C=C(C)C1CCC2(NC(=O)N(C)C)CCC3(C)C(CCC4C5(C)CC=C(c6ccc(C(=O)O)cc6)C(C)(C)C5CCC43C)C12. The molecule has 240 valence electrons. The summed E-state index contributed by atoms with van der Waals surface area (Å²) in [6.07, 6.45) is 13.0. The summed E-state index contributed by atoms with van der Waals surface area (Å²) < 4.78 is 0. The van der Waals surface area contributed by atoms with Crippen molar-refractivity contribution >= 4 is 17.6 Å². The normalized spacial score (nSPS) is 42.1. The van der Waals surface area contributed by atoms with Gasteiger partial charge in [0.25, 0.3) is 0 Å². The van der Waals surface area contributed by atoms with Gasteiger partial charge in [0.2, 0.25) is 0 Å². The molecular formula is C39H56N2O3. The summed E-state index contributed by atoms with van der Waals surface area (Å²) >= 11 is 0. The Kier molecular flexibility index (Phi) is 7.30. The summed E-state index contributed by atoms with van der Waals surface area (Å²) in [5.74, 6) is 1.86. The van der Waals surface area contributed by atoms with E-state index in [2.05, 4.69) is 59.5 Å². The quantitative estimate of drug-likeness (QED) is 0.339. The van der Waals surface area contributed by atoms with Crippen LogP contribution in [0.4, 0.5) is 4.79 Å². The number of carboxylic acids is 1. The summed E-state index contributed by atoms with van der Waals surface area (Å²) in [5.41, 5.74) is 4.76. The van der Waals surface area contributed by atoms with E-state index in [-0.39, 0.29) is 33.2 Å². The van der Waals surface area contributed by atoms with Gasteiger partial charge in [-0.15, -0.1) is 0 Å². The number of amides is 2. The van der Waals surface area contributed by atoms with Crippen molar-refractivity contribution in [3.05, 3.63) is 53.6 Å². The standard InChI is InChI=1S/C39H56N2O3/c1-24(2)27-16-21-39(40-34(44)41(8)9)23-22-37(6)29(32(27)39)14-15-31-36(5)19-17-28(25-10-12-26(13-11-25)33(42)43)35(3,4)30(36)18-20-38(31,37)7/h10-13,17,27,29-32H,1,14-16,18-23H2,2-9H3,(H,40,44)(H,42,43). The number of benzene rings is 1. The molecule has 0 bridgehead atoms. The number of rotatable bonds is 4. The number of hydrogen-bond acceptors (Lipinski definition) is 2. The number of carbonyl (C=O) groups excluding carboxylic acids is 1. The Morgan fingerprint density at radius 1 is 0.886 bits per heavy atom. The zero-order chi connectivity index (χ0) is 32.0. The van der Waals surface area contributed by atoms with Crippen LogP contribution in [0.15, 0.2) is 42.5 Å². The van der Waals surface area contributed by atoms with Crippen LogP contribution in [-0.2, 0) is 0 Å². The lowest BCUT2D eigenvalue weighted by atomic mass is 9.33. The minimum Gasteiger partial charge on any atom is -0.478 e. The first-order valence-corrected chi connectivity index (χ1v) is 17.2. The van der Waals surface area contributed by atoms with Gasteiger partial charge in [-0.3, -0.25) is 0 Å². The van der Waals surface area contributed by atoms with Gasteiger partial charge in [0.15, 0.2) is 0 Å². The Morgan fingerprint density at radius 2 is 1.57 bits per heavy atom. The largest absolute Gasteiger partial charge is 0.478 e. The van der Waals surface area contributed by atoms with Crippen LogP contribution < -0.4 is 5.32 Å². The minimum absolute atomic E-state index is 0.00546. The van der Waals surface area contributed by atoms with Gasteiger partial charge in [-0.1, -0.05) is 65.0 Å². The number of aromatic carboxylic acids is 1. The first-order chi connectivity index (χ1) is 20.5. The maximum absolute atomic E-state index is 13.2. The molecule has 1 aromatic carbocycles. The number of allylic oxidation sites excluding steroid dienone is 3. The lowest BCUT2D eigenvalue weighted by molar-refractivity contribution is -0.218. The molecule has 9 unspecified atom stereocenters. The molecule has 2 amide bonds. The smallest absolute Gasteiger partial charge is 0.335 e. The van der Waals surface area contributed by atoms with Gasteiger partial charge in [-0.05, 0) is 139 Å². The molecule has 5 aliphatic rings. The van der Waals surface area contributed by atoms with E-state index in [1.165, 1.54) is 48.8 Å². The van der Waals surface area contributed by atoms with Crippen molar-refractivity contribution in [1.82, 2.24) is 10.2 Å². The summed E-state index contributed by atoms with van der Waals surface area (Å²) in [4.78, 5) is 26.4. The second-order valence-electron chi connectivity index (χ2n) is 17.1. The van der Waals surface area contributed by atoms with E-state index in [9.17, 15) is 14.7 Å². The van der Waals surface area contributed by atoms with Crippen molar-refractivity contribution < 1.29 is 14.7 Å². The van der Waals surface area contributed by atoms with Crippen LogP contribution in [0.3, 0.4) is 0 Å². The number of nitrogens with zero attached hydrogens (tertiary/aromatic N) is 1. The van der Waals surface area contributed by atoms with Crippen molar-refractivity contribution in [2.45, 2.75) is 105 Å². The third-order valence-electron chi connectivity index (χ3n) is 14.8. The van der Waals surface area contributed by atoms with Crippen LogP contribution in [0.1, 0.15) is 115 Å². The van der Waals surface area contributed by atoms with Gasteiger partial charge in [0.05, 0.1) is 5.56 Å². The fraction of sp³-hybridized carbons (Fsp3) is 0.692. The molecule has 0 aliphatic heterocycles. The fourth-order valence-corrected chi connectivity index (χ4v) is 12.6. The number of nitrogens with one attached hydrogen (secondary N) is 1. The predicted molar refractivity (Wildman–Crippen MR) is 178 cm³/mol. The molecular weight excluding hydrogens is 544 g/mol. The predicted octanol–water partition coefficient (Wildman–Crippen LogP) is 9.06. The van der Waals surface area contributed by atoms with Crippen molar-refractivity contribution in [1.29, 1.82) is 0 Å². The molecule has 5 heteroatoms. The summed E-state index contributed by atoms with van der Waals surface area (Å²) in [6, 6.07) is 7.60. The Bertz CT molecular complexity index is 1390. The van der Waals surface area contributed by atoms with Crippen molar-refractivity contribution in [3.63, 3.8) is 0 Å². The van der Waals surface area contributed by atoms with Crippen molar-refractivity contribution in [2.75, 3.05) is 14.1 Å². The summed E-state index contributed by atoms with van der Waals surface area (Å²) in [5, 5.41) is 13.1. The molecule has 9 atom stereocenters. The maximum Gasteiger partial charge on any atom is 0.335 e. The van der Waals surface area contributed by atoms with Crippen LogP contribution >= 0.6 is 0 Å². The highest BCUT2D eigenvalue weighted by Crippen LogP contribution is 2.76. The Balaban J connectivity index is 1.35. The monoisotopic (exact) mass is 600 g/mol. The molecule has 44 heavy (non-hydrogen) atoms. The van der Waals surface area contributed by atoms with Crippen LogP contribution in [0.2, 0.25) is 0 Å². The van der Waals surface area contributed by atoms with E-state index in [0.29, 0.717) is 35.2 Å². The molecule has 6 rings (SSSR count). The minimum atomic E-state index is -0.871. The van der Waals surface area contributed by atoms with Gasteiger partial charge >= 0.3 is 12.0 Å². The van der Waals surface area contributed by atoms with Crippen LogP contribution in [0.5, 0.6) is 0 Å². The van der Waals surface area contributed by atoms with E-state index in [4.69, 9.17) is 0 Å². The number of fused-ring (bicyclic) bond motifs is 7. The highest BCUT2D eigenvalue weighted by molar-refractivity contribution is 5.88. The van der Waals surface area contributed by atoms with E-state index in [1.807, 2.05) is 26.2 Å². The van der Waals surface area contributed by atoms with E-state index >= 15 is 0 Å². The lowest BCUT2D eigenvalue weighted by Crippen LogP contribution is -2.68. The molecule has 4 fully saturated rings. The Labute approximate surface area is 265 Å². The van der Waals surface area contributed by atoms with Crippen LogP contribution in [0.25, 0.3) is 5.57 Å². The van der Waals surface area contributed by atoms with Crippen LogP contribution in [-0.4, -0.2) is 41.6 Å². The topological polar surface area (TPSA) is 69.6 Å². The third-order valence-corrected chi connectivity index (χ3v) is 14.8. The summed E-state index contributed by atoms with van der Waals surface area (Å²) in [7, 11) is 3.72. The number of hydrogen-bond donors (Lipinski definition) is 2. The molecule has 0 aromatic heterocycles. The molecule has 0 saturated heterocycles. The molecule has 4 saturated carbocycles. The average molecular weight is 601 g/mol. The van der Waals surface area contributed by atoms with Gasteiger partial charge in [-0.25, -0.2) is 9.59 Å². The second-order valence-corrected chi connectivity index (χ2v) is 17.1. The second kappa shape index (κ2) is 10.2. The molecule has 0 heterocycles. The van der Waals surface area contributed by atoms with E-state index in [0.717, 1.165) is 25.7 Å². The zero-order valence-electron chi connectivity index (χ0n) is 28.6. The maximum atomic E-state index is 13.2. The third kappa shape index (κ3) is 4.23. The fourth-order valence-electron chi connectivity index (χ4n) is 12.6. The van der Waals surface area contributed by atoms with Crippen molar-refractivity contribution in [2.24, 2.45) is 51.2 Å². The average Bonchev–Trinajstić information content (AvgIpc) is 3.33. The number of carbonyl (C=O) groups is 2. The summed E-state index contributed by atoms with van der Waals surface area (Å²) in [6.45, 7) is 19.5. The van der Waals surface area contributed by atoms with Crippen molar-refractivity contribution in [3.8, 4) is 0 Å². The first-order valence-electron chi connectivity index (χ1n) is 17.2. The Morgan fingerprint density at radius 3 is 2.18 bits per heavy atom. The molecule has 5 nitrogen and oxygen atoms in total. The molecule has 5 aliphatic carbocycles.